The minimum atomic E-state index is -0.356. The van der Waals surface area contributed by atoms with E-state index in [-0.39, 0.29) is 43.2 Å². The lowest BCUT2D eigenvalue weighted by atomic mass is 9.87. The second kappa shape index (κ2) is 7.67. The molecule has 5 rings (SSSR count). The van der Waals surface area contributed by atoms with Crippen LogP contribution in [0.15, 0.2) is 30.4 Å². The number of ether oxygens (including phenoxy) is 5. The number of aliphatic hydroxyl groups excluding tert-OH is 1. The van der Waals surface area contributed by atoms with Crippen molar-refractivity contribution in [2.24, 2.45) is 11.8 Å². The molecule has 1 spiro atoms. The Balaban J connectivity index is 1.24. The SMILES string of the molecule is OC[C@@H]1[C@@H](c2ccc3c(c2)OCO3)OC[C@@H]1/C=C\[C@@H]1COC2(CCCCC2)O1. The van der Waals surface area contributed by atoms with Crippen LogP contribution in [0.4, 0.5) is 0 Å². The summed E-state index contributed by atoms with van der Waals surface area (Å²) in [6.07, 6.45) is 9.69. The zero-order valence-electron chi connectivity index (χ0n) is 16.0. The van der Waals surface area contributed by atoms with Crippen molar-refractivity contribution >= 4 is 0 Å². The molecule has 6 nitrogen and oxygen atoms in total. The van der Waals surface area contributed by atoms with Crippen LogP contribution in [0, 0.1) is 11.8 Å². The van der Waals surface area contributed by atoms with Crippen molar-refractivity contribution in [1.82, 2.24) is 0 Å². The van der Waals surface area contributed by atoms with E-state index in [2.05, 4.69) is 12.2 Å². The maximum atomic E-state index is 10.0. The van der Waals surface area contributed by atoms with Crippen molar-refractivity contribution in [2.75, 3.05) is 26.6 Å². The van der Waals surface area contributed by atoms with Crippen LogP contribution < -0.4 is 9.47 Å². The Morgan fingerprint density at radius 3 is 2.75 bits per heavy atom. The van der Waals surface area contributed by atoms with Gasteiger partial charge in [-0.1, -0.05) is 24.6 Å². The van der Waals surface area contributed by atoms with Crippen LogP contribution in [0.1, 0.15) is 43.8 Å². The van der Waals surface area contributed by atoms with Gasteiger partial charge in [-0.2, -0.15) is 0 Å². The highest BCUT2D eigenvalue weighted by molar-refractivity contribution is 5.45. The molecule has 6 heteroatoms. The lowest BCUT2D eigenvalue weighted by Crippen LogP contribution is -2.33. The summed E-state index contributed by atoms with van der Waals surface area (Å²) in [6.45, 7) is 1.52. The molecule has 1 aromatic carbocycles. The molecule has 0 aromatic heterocycles. The fourth-order valence-electron chi connectivity index (χ4n) is 4.84. The Morgan fingerprint density at radius 2 is 1.89 bits per heavy atom. The molecule has 1 aliphatic carbocycles. The van der Waals surface area contributed by atoms with E-state index < -0.39 is 0 Å². The maximum absolute atomic E-state index is 10.0. The molecule has 3 heterocycles. The van der Waals surface area contributed by atoms with Gasteiger partial charge in [0.25, 0.3) is 0 Å². The van der Waals surface area contributed by atoms with Gasteiger partial charge in [0.15, 0.2) is 17.3 Å². The second-order valence-electron chi connectivity index (χ2n) is 8.20. The van der Waals surface area contributed by atoms with Gasteiger partial charge >= 0.3 is 0 Å². The van der Waals surface area contributed by atoms with Gasteiger partial charge in [-0.3, -0.25) is 0 Å². The van der Waals surface area contributed by atoms with Crippen LogP contribution in [0.2, 0.25) is 0 Å². The summed E-state index contributed by atoms with van der Waals surface area (Å²) in [6, 6.07) is 5.86. The molecule has 0 radical (unpaired) electrons. The Morgan fingerprint density at radius 1 is 1.04 bits per heavy atom. The Bertz CT molecular complexity index is 726. The number of rotatable bonds is 4. The smallest absolute Gasteiger partial charge is 0.231 e. The molecule has 0 amide bonds. The van der Waals surface area contributed by atoms with Gasteiger partial charge in [-0.25, -0.2) is 0 Å². The number of hydrogen-bond acceptors (Lipinski definition) is 6. The minimum Gasteiger partial charge on any atom is -0.454 e. The third-order valence-electron chi connectivity index (χ3n) is 6.41. The fraction of sp³-hybridized carbons (Fsp3) is 0.636. The Labute approximate surface area is 165 Å². The van der Waals surface area contributed by atoms with Crippen LogP contribution in [0.5, 0.6) is 11.5 Å². The van der Waals surface area contributed by atoms with E-state index in [9.17, 15) is 5.11 Å². The van der Waals surface area contributed by atoms with Crippen molar-refractivity contribution in [3.8, 4) is 11.5 Å². The molecule has 0 bridgehead atoms. The normalized spacial score (nSPS) is 33.9. The Hall–Kier alpha value is -1.60. The summed E-state index contributed by atoms with van der Waals surface area (Å²) >= 11 is 0. The second-order valence-corrected chi connectivity index (χ2v) is 8.20. The molecule has 4 atom stereocenters. The van der Waals surface area contributed by atoms with Crippen molar-refractivity contribution in [3.05, 3.63) is 35.9 Å². The zero-order chi connectivity index (χ0) is 19.0. The molecular formula is C22H28O6. The topological polar surface area (TPSA) is 66.4 Å². The highest BCUT2D eigenvalue weighted by Crippen LogP contribution is 2.43. The van der Waals surface area contributed by atoms with Gasteiger partial charge in [0, 0.05) is 31.3 Å². The first-order chi connectivity index (χ1) is 13.8. The summed E-state index contributed by atoms with van der Waals surface area (Å²) < 4.78 is 29.2. The van der Waals surface area contributed by atoms with E-state index >= 15 is 0 Å². The van der Waals surface area contributed by atoms with E-state index in [1.165, 1.54) is 19.3 Å². The first-order valence-electron chi connectivity index (χ1n) is 10.4. The van der Waals surface area contributed by atoms with E-state index in [1.807, 2.05) is 18.2 Å². The van der Waals surface area contributed by atoms with Gasteiger partial charge in [-0.05, 0) is 30.5 Å². The quantitative estimate of drug-likeness (QED) is 0.798. The van der Waals surface area contributed by atoms with Crippen LogP contribution >= 0.6 is 0 Å². The van der Waals surface area contributed by atoms with Crippen LogP contribution in [-0.2, 0) is 14.2 Å². The summed E-state index contributed by atoms with van der Waals surface area (Å²) in [7, 11) is 0. The summed E-state index contributed by atoms with van der Waals surface area (Å²) in [5.41, 5.74) is 1.01. The standard InChI is InChI=1S/C22H28O6/c23-11-18-16(4-6-17-13-27-22(28-17)8-2-1-3-9-22)12-24-21(18)15-5-7-19-20(10-15)26-14-25-19/h4-7,10,16-18,21,23H,1-3,8-9,11-14H2/b6-4-/t16-,17+,18-,21+/m0/s1. The van der Waals surface area contributed by atoms with Crippen molar-refractivity contribution < 1.29 is 28.8 Å². The summed E-state index contributed by atoms with van der Waals surface area (Å²) in [5, 5.41) is 10.0. The number of benzene rings is 1. The van der Waals surface area contributed by atoms with E-state index in [0.29, 0.717) is 13.2 Å². The zero-order valence-corrected chi connectivity index (χ0v) is 16.0. The molecule has 3 aliphatic heterocycles. The average molecular weight is 388 g/mol. The van der Waals surface area contributed by atoms with Crippen molar-refractivity contribution in [2.45, 2.75) is 50.1 Å². The third-order valence-corrected chi connectivity index (χ3v) is 6.41. The van der Waals surface area contributed by atoms with Crippen molar-refractivity contribution in [1.29, 1.82) is 0 Å². The molecule has 152 valence electrons. The number of aliphatic hydroxyl groups is 1. The minimum absolute atomic E-state index is 0.00239. The first-order valence-corrected chi connectivity index (χ1v) is 10.4. The molecule has 3 fully saturated rings. The van der Waals surface area contributed by atoms with Gasteiger partial charge in [0.1, 0.15) is 6.10 Å². The third kappa shape index (κ3) is 3.43. The fourth-order valence-corrected chi connectivity index (χ4v) is 4.84. The van der Waals surface area contributed by atoms with E-state index in [4.69, 9.17) is 23.7 Å². The van der Waals surface area contributed by atoms with Gasteiger partial charge in [0.2, 0.25) is 6.79 Å². The van der Waals surface area contributed by atoms with Gasteiger partial charge in [0.05, 0.1) is 19.3 Å². The molecular weight excluding hydrogens is 360 g/mol. The Kier molecular flexibility index (Phi) is 5.05. The highest BCUT2D eigenvalue weighted by Gasteiger charge is 2.42. The average Bonchev–Trinajstić information content (AvgIpc) is 3.44. The molecule has 28 heavy (non-hydrogen) atoms. The molecule has 1 N–H and O–H groups in total. The van der Waals surface area contributed by atoms with E-state index in [0.717, 1.165) is 29.9 Å². The monoisotopic (exact) mass is 388 g/mol. The molecule has 1 saturated carbocycles. The largest absolute Gasteiger partial charge is 0.454 e. The molecule has 0 unspecified atom stereocenters. The van der Waals surface area contributed by atoms with Crippen LogP contribution in [0.25, 0.3) is 0 Å². The predicted molar refractivity (Wildman–Crippen MR) is 101 cm³/mol. The van der Waals surface area contributed by atoms with Gasteiger partial charge < -0.3 is 28.8 Å². The van der Waals surface area contributed by atoms with Crippen molar-refractivity contribution in [3.63, 3.8) is 0 Å². The van der Waals surface area contributed by atoms with Gasteiger partial charge in [-0.15, -0.1) is 0 Å². The lowest BCUT2D eigenvalue weighted by Gasteiger charge is -2.31. The highest BCUT2D eigenvalue weighted by atomic mass is 16.7. The van der Waals surface area contributed by atoms with E-state index in [1.54, 1.807) is 0 Å². The maximum Gasteiger partial charge on any atom is 0.231 e. The first kappa shape index (κ1) is 18.4. The summed E-state index contributed by atoms with van der Waals surface area (Å²) in [4.78, 5) is 0. The van der Waals surface area contributed by atoms with Crippen LogP contribution in [-0.4, -0.2) is 43.6 Å². The molecule has 4 aliphatic rings. The lowest BCUT2D eigenvalue weighted by molar-refractivity contribution is -0.182. The summed E-state index contributed by atoms with van der Waals surface area (Å²) in [5.74, 6) is 1.29. The molecule has 2 saturated heterocycles. The number of hydrogen-bond donors (Lipinski definition) is 1. The predicted octanol–water partition coefficient (Wildman–Crippen LogP) is 3.34. The van der Waals surface area contributed by atoms with Crippen LogP contribution in [0.3, 0.4) is 0 Å². The molecule has 1 aromatic rings. The number of fused-ring (bicyclic) bond motifs is 1.